The number of ether oxygens (including phenoxy) is 1. The molecule has 0 aromatic heterocycles. The van der Waals surface area contributed by atoms with Crippen molar-refractivity contribution in [2.24, 2.45) is 5.92 Å². The average molecular weight is 332 g/mol. The maximum Gasteiger partial charge on any atom is 0.308 e. The summed E-state index contributed by atoms with van der Waals surface area (Å²) in [6.07, 6.45) is 0.691. The number of benzene rings is 1. The van der Waals surface area contributed by atoms with Crippen molar-refractivity contribution in [2.45, 2.75) is 12.8 Å². The van der Waals surface area contributed by atoms with Crippen LogP contribution in [0.5, 0.6) is 5.75 Å². The van der Waals surface area contributed by atoms with Crippen molar-refractivity contribution >= 4 is 35.1 Å². The van der Waals surface area contributed by atoms with Gasteiger partial charge in [0.25, 0.3) is 0 Å². The van der Waals surface area contributed by atoms with E-state index in [9.17, 15) is 9.59 Å². The largest absolute Gasteiger partial charge is 0.491 e. The molecule has 2 rings (SSSR count). The van der Waals surface area contributed by atoms with Gasteiger partial charge < -0.3 is 14.7 Å². The first-order valence-electron chi connectivity index (χ1n) is 6.56. The van der Waals surface area contributed by atoms with Crippen molar-refractivity contribution in [1.29, 1.82) is 0 Å². The molecule has 5 nitrogen and oxygen atoms in total. The Labute approximate surface area is 132 Å². The number of carbonyl (C=O) groups excluding carboxylic acids is 1. The molecular weight excluding hydrogens is 317 g/mol. The van der Waals surface area contributed by atoms with E-state index in [-0.39, 0.29) is 25.5 Å². The molecular formula is C14H15Cl2NO4. The monoisotopic (exact) mass is 331 g/mol. The van der Waals surface area contributed by atoms with Gasteiger partial charge in [0, 0.05) is 18.1 Å². The van der Waals surface area contributed by atoms with Gasteiger partial charge in [0.2, 0.25) is 5.91 Å². The van der Waals surface area contributed by atoms with Crippen molar-refractivity contribution in [2.75, 3.05) is 19.7 Å². The number of carboxylic acids is 1. The number of amides is 1. The lowest BCUT2D eigenvalue weighted by Crippen LogP contribution is -2.30. The highest BCUT2D eigenvalue weighted by atomic mass is 35.5. The highest BCUT2D eigenvalue weighted by Crippen LogP contribution is 2.27. The second-order valence-electron chi connectivity index (χ2n) is 4.84. The standard InChI is InChI=1S/C14H15Cl2NO4/c15-10-1-2-12(11(16)7-10)21-6-4-13(18)17-5-3-9(8-17)14(19)20/h1-2,7,9H,3-6,8H2,(H,19,20)/t9-/m0/s1. The minimum absolute atomic E-state index is 0.108. The lowest BCUT2D eigenvalue weighted by atomic mass is 10.1. The highest BCUT2D eigenvalue weighted by molar-refractivity contribution is 6.35. The van der Waals surface area contributed by atoms with Crippen LogP contribution in [0.1, 0.15) is 12.8 Å². The van der Waals surface area contributed by atoms with E-state index in [1.54, 1.807) is 23.1 Å². The lowest BCUT2D eigenvalue weighted by molar-refractivity contribution is -0.141. The van der Waals surface area contributed by atoms with Crippen LogP contribution in [-0.4, -0.2) is 41.6 Å². The lowest BCUT2D eigenvalue weighted by Gasteiger charge is -2.16. The Bertz CT molecular complexity index is 550. The number of carboxylic acid groups (broad SMARTS) is 1. The van der Waals surface area contributed by atoms with E-state index in [0.29, 0.717) is 28.8 Å². The molecule has 1 aliphatic heterocycles. The molecule has 1 aliphatic rings. The van der Waals surface area contributed by atoms with Crippen molar-refractivity contribution in [3.8, 4) is 5.75 Å². The molecule has 0 bridgehead atoms. The molecule has 0 radical (unpaired) electrons. The van der Waals surface area contributed by atoms with Crippen LogP contribution in [0.2, 0.25) is 10.0 Å². The van der Waals surface area contributed by atoms with E-state index >= 15 is 0 Å². The summed E-state index contributed by atoms with van der Waals surface area (Å²) in [5.74, 6) is -0.947. The van der Waals surface area contributed by atoms with Gasteiger partial charge in [0.1, 0.15) is 5.75 Å². The smallest absolute Gasteiger partial charge is 0.308 e. The van der Waals surface area contributed by atoms with E-state index in [4.69, 9.17) is 33.0 Å². The fourth-order valence-corrected chi connectivity index (χ4v) is 2.65. The zero-order valence-electron chi connectivity index (χ0n) is 11.2. The predicted octanol–water partition coefficient (Wildman–Crippen LogP) is 2.70. The van der Waals surface area contributed by atoms with Gasteiger partial charge in [0.05, 0.1) is 24.0 Å². The zero-order chi connectivity index (χ0) is 15.4. The number of hydrogen-bond acceptors (Lipinski definition) is 3. The van der Waals surface area contributed by atoms with Gasteiger partial charge in [-0.05, 0) is 24.6 Å². The first-order chi connectivity index (χ1) is 9.97. The fraction of sp³-hybridized carbons (Fsp3) is 0.429. The first kappa shape index (κ1) is 15.9. The van der Waals surface area contributed by atoms with Gasteiger partial charge in [-0.25, -0.2) is 0 Å². The van der Waals surface area contributed by atoms with E-state index in [1.165, 1.54) is 0 Å². The zero-order valence-corrected chi connectivity index (χ0v) is 12.7. The Morgan fingerprint density at radius 2 is 2.14 bits per heavy atom. The molecule has 1 N–H and O–H groups in total. The summed E-state index contributed by atoms with van der Waals surface area (Å²) in [7, 11) is 0. The molecule has 21 heavy (non-hydrogen) atoms. The van der Waals surface area contributed by atoms with Crippen LogP contribution in [0, 0.1) is 5.92 Å². The Balaban J connectivity index is 1.78. The molecule has 0 aliphatic carbocycles. The molecule has 0 unspecified atom stereocenters. The number of carbonyl (C=O) groups is 2. The quantitative estimate of drug-likeness (QED) is 0.900. The van der Waals surface area contributed by atoms with Crippen molar-refractivity contribution in [3.63, 3.8) is 0 Å². The minimum Gasteiger partial charge on any atom is -0.491 e. The fourth-order valence-electron chi connectivity index (χ4n) is 2.19. The third-order valence-electron chi connectivity index (χ3n) is 3.36. The molecule has 1 atom stereocenters. The van der Waals surface area contributed by atoms with Crippen LogP contribution in [0.4, 0.5) is 0 Å². The number of likely N-dealkylation sites (tertiary alicyclic amines) is 1. The summed E-state index contributed by atoms with van der Waals surface area (Å²) in [4.78, 5) is 24.3. The molecule has 0 spiro atoms. The van der Waals surface area contributed by atoms with E-state index in [2.05, 4.69) is 0 Å². The van der Waals surface area contributed by atoms with Crippen molar-refractivity contribution in [1.82, 2.24) is 4.90 Å². The van der Waals surface area contributed by atoms with Gasteiger partial charge in [-0.1, -0.05) is 23.2 Å². The van der Waals surface area contributed by atoms with Gasteiger partial charge >= 0.3 is 5.97 Å². The van der Waals surface area contributed by atoms with Crippen LogP contribution in [0.3, 0.4) is 0 Å². The molecule has 1 amide bonds. The summed E-state index contributed by atoms with van der Waals surface area (Å²) in [5, 5.41) is 9.81. The average Bonchev–Trinajstić information content (AvgIpc) is 2.91. The third-order valence-corrected chi connectivity index (χ3v) is 3.89. The number of halogens is 2. The van der Waals surface area contributed by atoms with Crippen molar-refractivity contribution < 1.29 is 19.4 Å². The Kier molecular flexibility index (Phi) is 5.31. The van der Waals surface area contributed by atoms with Gasteiger partial charge in [-0.3, -0.25) is 9.59 Å². The maximum atomic E-state index is 11.9. The van der Waals surface area contributed by atoms with E-state index in [1.807, 2.05) is 0 Å². The molecule has 1 aromatic carbocycles. The number of rotatable bonds is 5. The summed E-state index contributed by atoms with van der Waals surface area (Å²) < 4.78 is 5.44. The molecule has 1 aromatic rings. The Morgan fingerprint density at radius 1 is 1.38 bits per heavy atom. The van der Waals surface area contributed by atoms with Crippen LogP contribution in [0.25, 0.3) is 0 Å². The van der Waals surface area contributed by atoms with Crippen LogP contribution >= 0.6 is 23.2 Å². The van der Waals surface area contributed by atoms with Gasteiger partial charge in [-0.15, -0.1) is 0 Å². The van der Waals surface area contributed by atoms with Crippen LogP contribution < -0.4 is 4.74 Å². The topological polar surface area (TPSA) is 66.8 Å². The molecule has 1 fully saturated rings. The molecule has 0 saturated carbocycles. The molecule has 1 heterocycles. The summed E-state index contributed by atoms with van der Waals surface area (Å²) >= 11 is 11.7. The third kappa shape index (κ3) is 4.25. The number of hydrogen-bond donors (Lipinski definition) is 1. The maximum absolute atomic E-state index is 11.9. The van der Waals surface area contributed by atoms with Crippen LogP contribution in [0.15, 0.2) is 18.2 Å². The summed E-state index contributed by atoms with van der Waals surface area (Å²) in [6, 6.07) is 4.87. The summed E-state index contributed by atoms with van der Waals surface area (Å²) in [6.45, 7) is 0.946. The predicted molar refractivity (Wildman–Crippen MR) is 78.9 cm³/mol. The normalized spacial score (nSPS) is 17.8. The second-order valence-corrected chi connectivity index (χ2v) is 5.68. The molecule has 114 valence electrons. The molecule has 1 saturated heterocycles. The first-order valence-corrected chi connectivity index (χ1v) is 7.31. The number of aliphatic carboxylic acids is 1. The highest BCUT2D eigenvalue weighted by Gasteiger charge is 2.30. The number of nitrogens with zero attached hydrogens (tertiary/aromatic N) is 1. The van der Waals surface area contributed by atoms with E-state index in [0.717, 1.165) is 0 Å². The van der Waals surface area contributed by atoms with Gasteiger partial charge in [0.15, 0.2) is 0 Å². The van der Waals surface area contributed by atoms with Gasteiger partial charge in [-0.2, -0.15) is 0 Å². The SMILES string of the molecule is O=C(O)[C@H]1CCN(C(=O)CCOc2ccc(Cl)cc2Cl)C1. The van der Waals surface area contributed by atoms with E-state index < -0.39 is 11.9 Å². The van der Waals surface area contributed by atoms with Crippen molar-refractivity contribution in [3.05, 3.63) is 28.2 Å². The minimum atomic E-state index is -0.852. The Morgan fingerprint density at radius 3 is 2.76 bits per heavy atom. The molecule has 7 heteroatoms. The second kappa shape index (κ2) is 7.00. The van der Waals surface area contributed by atoms with Crippen LogP contribution in [-0.2, 0) is 9.59 Å². The summed E-state index contributed by atoms with van der Waals surface area (Å²) in [5.41, 5.74) is 0. The Hall–Kier alpha value is -1.46.